The normalized spacial score (nSPS) is 18.1. The fourth-order valence-corrected chi connectivity index (χ4v) is 2.91. The third-order valence-corrected chi connectivity index (χ3v) is 4.16. The van der Waals surface area contributed by atoms with Crippen molar-refractivity contribution in [2.75, 3.05) is 19.1 Å². The summed E-state index contributed by atoms with van der Waals surface area (Å²) in [4.78, 5) is 12.3. The summed E-state index contributed by atoms with van der Waals surface area (Å²) in [5.41, 5.74) is 0.0274. The Kier molecular flexibility index (Phi) is 4.96. The van der Waals surface area contributed by atoms with Crippen LogP contribution in [0.2, 0.25) is 10.0 Å². The molecule has 2 rings (SSSR count). The van der Waals surface area contributed by atoms with Crippen molar-refractivity contribution < 1.29 is 9.53 Å². The van der Waals surface area contributed by atoms with E-state index >= 15 is 0 Å². The van der Waals surface area contributed by atoms with Crippen LogP contribution in [0.1, 0.15) is 23.2 Å². The maximum atomic E-state index is 12.3. The Hall–Kier alpha value is -0.480. The third kappa shape index (κ3) is 3.76. The van der Waals surface area contributed by atoms with E-state index in [1.165, 1.54) is 0 Å². The zero-order valence-electron chi connectivity index (χ0n) is 10.2. The maximum Gasteiger partial charge on any atom is 0.251 e. The van der Waals surface area contributed by atoms with Crippen molar-refractivity contribution >= 4 is 40.7 Å². The van der Waals surface area contributed by atoms with Gasteiger partial charge in [0.2, 0.25) is 0 Å². The average Bonchev–Trinajstić information content (AvgIpc) is 2.38. The molecule has 0 aromatic heterocycles. The summed E-state index contributed by atoms with van der Waals surface area (Å²) in [6, 6.07) is 4.76. The fraction of sp³-hybridized carbons (Fsp3) is 0.462. The SMILES string of the molecule is O=C(NC1(CCl)CCOCC1)c1cc(Cl)cc(Cl)c1. The number of carbonyl (C=O) groups is 1. The van der Waals surface area contributed by atoms with Gasteiger partial charge in [-0.25, -0.2) is 0 Å². The van der Waals surface area contributed by atoms with Gasteiger partial charge in [0.1, 0.15) is 0 Å². The fourth-order valence-electron chi connectivity index (χ4n) is 2.05. The molecule has 19 heavy (non-hydrogen) atoms. The summed E-state index contributed by atoms with van der Waals surface area (Å²) >= 11 is 17.8. The first kappa shape index (κ1) is 14.9. The van der Waals surface area contributed by atoms with Gasteiger partial charge in [0.15, 0.2) is 0 Å². The van der Waals surface area contributed by atoms with Crippen LogP contribution in [0.15, 0.2) is 18.2 Å². The van der Waals surface area contributed by atoms with Gasteiger partial charge in [-0.2, -0.15) is 0 Å². The molecule has 1 saturated heterocycles. The van der Waals surface area contributed by atoms with Gasteiger partial charge in [0.05, 0.1) is 5.54 Å². The lowest BCUT2D eigenvalue weighted by Gasteiger charge is -2.36. The Morgan fingerprint density at radius 1 is 1.21 bits per heavy atom. The first-order valence-electron chi connectivity index (χ1n) is 5.97. The summed E-state index contributed by atoms with van der Waals surface area (Å²) in [7, 11) is 0. The predicted molar refractivity (Wildman–Crippen MR) is 77.4 cm³/mol. The molecule has 1 amide bonds. The van der Waals surface area contributed by atoms with Crippen LogP contribution >= 0.6 is 34.8 Å². The first-order valence-corrected chi connectivity index (χ1v) is 7.26. The van der Waals surface area contributed by atoms with Crippen molar-refractivity contribution in [3.63, 3.8) is 0 Å². The highest BCUT2D eigenvalue weighted by atomic mass is 35.5. The molecular formula is C13H14Cl3NO2. The van der Waals surface area contributed by atoms with E-state index in [1.54, 1.807) is 18.2 Å². The molecule has 1 aromatic rings. The number of ether oxygens (including phenoxy) is 1. The van der Waals surface area contributed by atoms with E-state index in [0.717, 1.165) is 0 Å². The summed E-state index contributed by atoms with van der Waals surface area (Å²) in [5, 5.41) is 3.85. The smallest absolute Gasteiger partial charge is 0.251 e. The number of halogens is 3. The molecular weight excluding hydrogens is 309 g/mol. The van der Waals surface area contributed by atoms with Gasteiger partial charge in [-0.15, -0.1) is 11.6 Å². The second-order valence-electron chi connectivity index (χ2n) is 4.64. The Morgan fingerprint density at radius 2 is 1.79 bits per heavy atom. The molecule has 0 atom stereocenters. The Labute approximate surface area is 127 Å². The summed E-state index contributed by atoms with van der Waals surface area (Å²) in [6.45, 7) is 1.20. The molecule has 1 heterocycles. The Morgan fingerprint density at radius 3 is 2.32 bits per heavy atom. The maximum absolute atomic E-state index is 12.3. The molecule has 1 aromatic carbocycles. The van der Waals surface area contributed by atoms with E-state index in [9.17, 15) is 4.79 Å². The molecule has 1 N–H and O–H groups in total. The van der Waals surface area contributed by atoms with Crippen LogP contribution in [0.5, 0.6) is 0 Å². The topological polar surface area (TPSA) is 38.3 Å². The molecule has 1 aliphatic rings. The summed E-state index contributed by atoms with van der Waals surface area (Å²) in [5.74, 6) is 0.142. The largest absolute Gasteiger partial charge is 0.381 e. The van der Waals surface area contributed by atoms with Gasteiger partial charge < -0.3 is 10.1 Å². The van der Waals surface area contributed by atoms with Gasteiger partial charge in [0.25, 0.3) is 5.91 Å². The van der Waals surface area contributed by atoms with Gasteiger partial charge in [-0.05, 0) is 31.0 Å². The highest BCUT2D eigenvalue weighted by molar-refractivity contribution is 6.35. The van der Waals surface area contributed by atoms with E-state index in [2.05, 4.69) is 5.32 Å². The minimum atomic E-state index is -0.411. The van der Waals surface area contributed by atoms with Gasteiger partial charge in [-0.1, -0.05) is 23.2 Å². The molecule has 0 saturated carbocycles. The monoisotopic (exact) mass is 321 g/mol. The molecule has 6 heteroatoms. The minimum Gasteiger partial charge on any atom is -0.381 e. The Bertz CT molecular complexity index is 453. The van der Waals surface area contributed by atoms with Crippen LogP contribution in [0.4, 0.5) is 0 Å². The van der Waals surface area contributed by atoms with Gasteiger partial charge in [-0.3, -0.25) is 4.79 Å². The molecule has 1 fully saturated rings. The average molecular weight is 323 g/mol. The molecule has 0 radical (unpaired) electrons. The highest BCUT2D eigenvalue weighted by Gasteiger charge is 2.33. The van der Waals surface area contributed by atoms with Crippen molar-refractivity contribution in [1.82, 2.24) is 5.32 Å². The number of benzene rings is 1. The van der Waals surface area contributed by atoms with E-state index in [1.807, 2.05) is 0 Å². The molecule has 3 nitrogen and oxygen atoms in total. The number of carbonyl (C=O) groups excluding carboxylic acids is 1. The standard InChI is InChI=1S/C13H14Cl3NO2/c14-8-13(1-3-19-4-2-13)17-12(18)9-5-10(15)7-11(16)6-9/h5-7H,1-4,8H2,(H,17,18). The van der Waals surface area contributed by atoms with Crippen molar-refractivity contribution in [2.45, 2.75) is 18.4 Å². The summed E-state index contributed by atoms with van der Waals surface area (Å²) < 4.78 is 5.30. The number of hydrogen-bond acceptors (Lipinski definition) is 2. The number of hydrogen-bond donors (Lipinski definition) is 1. The second kappa shape index (κ2) is 6.31. The lowest BCUT2D eigenvalue weighted by Crippen LogP contribution is -2.53. The molecule has 104 valence electrons. The third-order valence-electron chi connectivity index (χ3n) is 3.21. The van der Waals surface area contributed by atoms with Crippen LogP contribution in [0.25, 0.3) is 0 Å². The number of rotatable bonds is 3. The molecule has 0 bridgehead atoms. The first-order chi connectivity index (χ1) is 9.04. The van der Waals surface area contributed by atoms with Crippen LogP contribution < -0.4 is 5.32 Å². The molecule has 0 aliphatic carbocycles. The van der Waals surface area contributed by atoms with Gasteiger partial charge in [0, 0.05) is 34.7 Å². The van der Waals surface area contributed by atoms with E-state index in [0.29, 0.717) is 47.5 Å². The minimum absolute atomic E-state index is 0.216. The number of nitrogens with one attached hydrogen (secondary N) is 1. The molecule has 0 unspecified atom stereocenters. The lowest BCUT2D eigenvalue weighted by atomic mass is 9.92. The highest BCUT2D eigenvalue weighted by Crippen LogP contribution is 2.24. The molecule has 1 aliphatic heterocycles. The zero-order valence-corrected chi connectivity index (χ0v) is 12.5. The van der Waals surface area contributed by atoms with E-state index in [-0.39, 0.29) is 5.91 Å². The summed E-state index contributed by atoms with van der Waals surface area (Å²) in [6.07, 6.45) is 1.41. The van der Waals surface area contributed by atoms with Crippen molar-refractivity contribution in [2.24, 2.45) is 0 Å². The quantitative estimate of drug-likeness (QED) is 0.865. The second-order valence-corrected chi connectivity index (χ2v) is 5.78. The zero-order chi connectivity index (χ0) is 13.9. The van der Waals surface area contributed by atoms with Crippen LogP contribution in [0, 0.1) is 0 Å². The van der Waals surface area contributed by atoms with Crippen molar-refractivity contribution in [3.05, 3.63) is 33.8 Å². The predicted octanol–water partition coefficient (Wildman–Crippen LogP) is 3.51. The van der Waals surface area contributed by atoms with Crippen LogP contribution in [-0.2, 0) is 4.74 Å². The van der Waals surface area contributed by atoms with Crippen LogP contribution in [0.3, 0.4) is 0 Å². The van der Waals surface area contributed by atoms with Gasteiger partial charge >= 0.3 is 0 Å². The molecule has 0 spiro atoms. The van der Waals surface area contributed by atoms with Crippen molar-refractivity contribution in [3.8, 4) is 0 Å². The van der Waals surface area contributed by atoms with Crippen LogP contribution in [-0.4, -0.2) is 30.5 Å². The van der Waals surface area contributed by atoms with E-state index < -0.39 is 5.54 Å². The lowest BCUT2D eigenvalue weighted by molar-refractivity contribution is 0.0434. The number of alkyl halides is 1. The Balaban J connectivity index is 2.15. The number of amides is 1. The van der Waals surface area contributed by atoms with Crippen molar-refractivity contribution in [1.29, 1.82) is 0 Å². The van der Waals surface area contributed by atoms with E-state index in [4.69, 9.17) is 39.5 Å².